The molecule has 0 aliphatic carbocycles. The van der Waals surface area contributed by atoms with Crippen molar-refractivity contribution in [2.45, 2.75) is 0 Å². The van der Waals surface area contributed by atoms with Crippen molar-refractivity contribution in [1.29, 1.82) is 0 Å². The van der Waals surface area contributed by atoms with Crippen molar-refractivity contribution in [3.05, 3.63) is 146 Å². The molecule has 0 atom stereocenters. The standard InChI is InChI=1S/C38H24N4S/c1-4-13-25(14-5-1)28-20-12-24-39-37(28)35-36(27-17-8-3-9-18-27)40-42-41-38(35)30-22-23-32-34(29-19-10-11-21-31(29)43-32)33(30)26-15-6-2-7-16-26/h1-24H. The fraction of sp³-hybridized carbons (Fsp3) is 0. The normalized spacial score (nSPS) is 11.3. The summed E-state index contributed by atoms with van der Waals surface area (Å²) < 4.78 is 2.49. The van der Waals surface area contributed by atoms with Crippen LogP contribution in [-0.2, 0) is 0 Å². The lowest BCUT2D eigenvalue weighted by molar-refractivity contribution is 0.878. The number of thiophene rings is 1. The maximum absolute atomic E-state index is 5.00. The van der Waals surface area contributed by atoms with Gasteiger partial charge in [0.2, 0.25) is 0 Å². The third kappa shape index (κ3) is 4.38. The number of hydrogen-bond acceptors (Lipinski definition) is 5. The molecule has 5 aromatic carbocycles. The van der Waals surface area contributed by atoms with Gasteiger partial charge in [-0.15, -0.1) is 21.5 Å². The predicted octanol–water partition coefficient (Wildman–Crippen LogP) is 9.97. The second-order valence-corrected chi connectivity index (χ2v) is 11.4. The van der Waals surface area contributed by atoms with Crippen LogP contribution in [0.2, 0.25) is 0 Å². The molecule has 0 N–H and O–H groups in total. The first kappa shape index (κ1) is 25.2. The van der Waals surface area contributed by atoms with E-state index in [4.69, 9.17) is 10.1 Å². The fourth-order valence-corrected chi connectivity index (χ4v) is 7.02. The Balaban J connectivity index is 1.52. The zero-order chi connectivity index (χ0) is 28.6. The second kappa shape index (κ2) is 10.7. The first-order valence-corrected chi connectivity index (χ1v) is 15.0. The van der Waals surface area contributed by atoms with Crippen molar-refractivity contribution in [2.75, 3.05) is 0 Å². The van der Waals surface area contributed by atoms with Crippen LogP contribution >= 0.6 is 11.3 Å². The van der Waals surface area contributed by atoms with Crippen molar-refractivity contribution in [2.24, 2.45) is 0 Å². The Labute approximate surface area is 253 Å². The fourth-order valence-electron chi connectivity index (χ4n) is 5.91. The van der Waals surface area contributed by atoms with Crippen LogP contribution in [0.5, 0.6) is 0 Å². The first-order chi connectivity index (χ1) is 21.4. The largest absolute Gasteiger partial charge is 0.255 e. The van der Waals surface area contributed by atoms with Crippen LogP contribution in [0.4, 0.5) is 0 Å². The summed E-state index contributed by atoms with van der Waals surface area (Å²) in [5.41, 5.74) is 9.48. The van der Waals surface area contributed by atoms with Crippen LogP contribution in [0.3, 0.4) is 0 Å². The maximum atomic E-state index is 5.00. The number of benzene rings is 5. The molecule has 0 unspecified atom stereocenters. The Bertz CT molecular complexity index is 2230. The molecule has 0 aliphatic heterocycles. The van der Waals surface area contributed by atoms with Crippen LogP contribution in [0.15, 0.2) is 146 Å². The van der Waals surface area contributed by atoms with Gasteiger partial charge in [0.15, 0.2) is 0 Å². The van der Waals surface area contributed by atoms with E-state index in [0.29, 0.717) is 0 Å². The predicted molar refractivity (Wildman–Crippen MR) is 178 cm³/mol. The van der Waals surface area contributed by atoms with E-state index < -0.39 is 0 Å². The second-order valence-electron chi connectivity index (χ2n) is 10.3. The lowest BCUT2D eigenvalue weighted by Crippen LogP contribution is -2.03. The van der Waals surface area contributed by atoms with E-state index in [1.54, 1.807) is 0 Å². The van der Waals surface area contributed by atoms with Gasteiger partial charge in [0.25, 0.3) is 0 Å². The highest BCUT2D eigenvalue weighted by Gasteiger charge is 2.25. The molecule has 0 bridgehead atoms. The quantitative estimate of drug-likeness (QED) is 0.207. The maximum Gasteiger partial charge on any atom is 0.107 e. The molecule has 43 heavy (non-hydrogen) atoms. The van der Waals surface area contributed by atoms with Gasteiger partial charge < -0.3 is 0 Å². The summed E-state index contributed by atoms with van der Waals surface area (Å²) in [6.45, 7) is 0. The molecule has 0 saturated carbocycles. The average molecular weight is 569 g/mol. The van der Waals surface area contributed by atoms with Gasteiger partial charge in [0, 0.05) is 48.6 Å². The van der Waals surface area contributed by atoms with Crippen molar-refractivity contribution in [1.82, 2.24) is 20.4 Å². The SMILES string of the molecule is c1ccc(-c2cccnc2-c2c(-c3ccccc3)nnnc2-c2ccc3sc4ccccc4c3c2-c2ccccc2)cc1. The van der Waals surface area contributed by atoms with Crippen molar-refractivity contribution < 1.29 is 0 Å². The summed E-state index contributed by atoms with van der Waals surface area (Å²) in [5, 5.41) is 16.3. The molecule has 8 rings (SSSR count). The van der Waals surface area contributed by atoms with Gasteiger partial charge in [-0.2, -0.15) is 0 Å². The highest BCUT2D eigenvalue weighted by Crippen LogP contribution is 2.48. The molecule has 0 spiro atoms. The van der Waals surface area contributed by atoms with Gasteiger partial charge in [-0.25, -0.2) is 0 Å². The molecule has 8 aromatic rings. The first-order valence-electron chi connectivity index (χ1n) is 14.2. The molecule has 0 saturated heterocycles. The van der Waals surface area contributed by atoms with E-state index in [1.807, 2.05) is 47.9 Å². The minimum absolute atomic E-state index is 0.746. The minimum atomic E-state index is 0.746. The number of hydrogen-bond donors (Lipinski definition) is 0. The van der Waals surface area contributed by atoms with E-state index in [2.05, 4.69) is 120 Å². The van der Waals surface area contributed by atoms with Gasteiger partial charge >= 0.3 is 0 Å². The molecule has 3 heterocycles. The van der Waals surface area contributed by atoms with Crippen LogP contribution < -0.4 is 0 Å². The van der Waals surface area contributed by atoms with Gasteiger partial charge in [0.05, 0.1) is 11.3 Å². The lowest BCUT2D eigenvalue weighted by Gasteiger charge is -2.18. The lowest BCUT2D eigenvalue weighted by atomic mass is 9.88. The summed E-state index contributed by atoms with van der Waals surface area (Å²) in [7, 11) is 0. The summed E-state index contributed by atoms with van der Waals surface area (Å²) in [5.74, 6) is 0. The number of nitrogens with zero attached hydrogens (tertiary/aromatic N) is 4. The molecule has 0 aliphatic rings. The average Bonchev–Trinajstić information content (AvgIpc) is 3.47. The Kier molecular flexibility index (Phi) is 6.28. The van der Waals surface area contributed by atoms with Crippen molar-refractivity contribution in [3.63, 3.8) is 0 Å². The molecule has 0 fully saturated rings. The highest BCUT2D eigenvalue weighted by atomic mass is 32.1. The Morgan fingerprint density at radius 3 is 1.84 bits per heavy atom. The topological polar surface area (TPSA) is 51.6 Å². The molecule has 5 heteroatoms. The minimum Gasteiger partial charge on any atom is -0.255 e. The van der Waals surface area contributed by atoms with Gasteiger partial charge in [-0.3, -0.25) is 4.98 Å². The number of fused-ring (bicyclic) bond motifs is 3. The summed E-state index contributed by atoms with van der Waals surface area (Å²) >= 11 is 1.81. The van der Waals surface area contributed by atoms with E-state index in [0.717, 1.165) is 56.0 Å². The van der Waals surface area contributed by atoms with E-state index in [9.17, 15) is 0 Å². The van der Waals surface area contributed by atoms with Crippen molar-refractivity contribution >= 4 is 31.5 Å². The van der Waals surface area contributed by atoms with Gasteiger partial charge in [0.1, 0.15) is 11.4 Å². The molecular weight excluding hydrogens is 545 g/mol. The molecule has 0 amide bonds. The molecule has 4 nitrogen and oxygen atoms in total. The zero-order valence-corrected chi connectivity index (χ0v) is 23.9. The molecule has 3 aromatic heterocycles. The molecular formula is C38H24N4S. The zero-order valence-electron chi connectivity index (χ0n) is 23.1. The summed E-state index contributed by atoms with van der Waals surface area (Å²) in [4.78, 5) is 5.00. The van der Waals surface area contributed by atoms with Crippen LogP contribution in [0.1, 0.15) is 0 Å². The third-order valence-corrected chi connectivity index (χ3v) is 8.94. The summed E-state index contributed by atoms with van der Waals surface area (Å²) in [6.07, 6.45) is 1.84. The van der Waals surface area contributed by atoms with Crippen LogP contribution in [-0.4, -0.2) is 20.4 Å². The Hall–Kier alpha value is -5.52. The van der Waals surface area contributed by atoms with Crippen LogP contribution in [0, 0.1) is 0 Å². The Morgan fingerprint density at radius 1 is 0.419 bits per heavy atom. The van der Waals surface area contributed by atoms with Crippen molar-refractivity contribution in [3.8, 4) is 56.0 Å². The highest BCUT2D eigenvalue weighted by molar-refractivity contribution is 7.26. The van der Waals surface area contributed by atoms with E-state index in [1.165, 1.54) is 20.2 Å². The smallest absolute Gasteiger partial charge is 0.107 e. The number of rotatable bonds is 5. The van der Waals surface area contributed by atoms with Gasteiger partial charge in [-0.05, 0) is 34.5 Å². The summed E-state index contributed by atoms with van der Waals surface area (Å²) in [6, 6.07) is 48.3. The van der Waals surface area contributed by atoms with Crippen LogP contribution in [0.25, 0.3) is 76.2 Å². The van der Waals surface area contributed by atoms with Gasteiger partial charge in [-0.1, -0.05) is 121 Å². The molecule has 202 valence electrons. The monoisotopic (exact) mass is 568 g/mol. The molecule has 0 radical (unpaired) electrons. The third-order valence-electron chi connectivity index (χ3n) is 7.80. The number of aromatic nitrogens is 4. The van der Waals surface area contributed by atoms with E-state index >= 15 is 0 Å². The number of pyridine rings is 1. The Morgan fingerprint density at radius 2 is 1.07 bits per heavy atom. The van der Waals surface area contributed by atoms with E-state index in [-0.39, 0.29) is 0 Å².